The molecule has 1 N–H and O–H groups in total. The number of carbonyl (C=O) groups is 1. The van der Waals surface area contributed by atoms with Gasteiger partial charge >= 0.3 is 35.5 Å². The normalized spacial score (nSPS) is 8.00. The summed E-state index contributed by atoms with van der Waals surface area (Å²) < 4.78 is 0. The second kappa shape index (κ2) is 4.44. The SMILES string of the molecule is O=C(O)c1cccnc1.[NaH]. The van der Waals surface area contributed by atoms with Gasteiger partial charge in [-0.3, -0.25) is 4.98 Å². The fraction of sp³-hybridized carbons (Fsp3) is 0. The fourth-order valence-electron chi connectivity index (χ4n) is 0.489. The van der Waals surface area contributed by atoms with Crippen molar-refractivity contribution in [3.05, 3.63) is 30.1 Å². The Morgan fingerprint density at radius 2 is 2.30 bits per heavy atom. The molecular weight excluding hydrogens is 141 g/mol. The van der Waals surface area contributed by atoms with Crippen LogP contribution in [-0.2, 0) is 0 Å². The van der Waals surface area contributed by atoms with E-state index < -0.39 is 5.97 Å². The van der Waals surface area contributed by atoms with Crippen molar-refractivity contribution in [2.45, 2.75) is 0 Å². The van der Waals surface area contributed by atoms with Crippen molar-refractivity contribution in [3.8, 4) is 0 Å². The molecule has 0 atom stereocenters. The monoisotopic (exact) mass is 147 g/mol. The quantitative estimate of drug-likeness (QED) is 0.574. The van der Waals surface area contributed by atoms with Crippen LogP contribution < -0.4 is 0 Å². The Hall–Kier alpha value is -0.380. The van der Waals surface area contributed by atoms with E-state index in [9.17, 15) is 4.79 Å². The minimum atomic E-state index is -0.942. The van der Waals surface area contributed by atoms with Crippen molar-refractivity contribution in [1.82, 2.24) is 4.98 Å². The number of carboxylic acid groups (broad SMARTS) is 1. The number of carboxylic acids is 1. The molecule has 0 saturated heterocycles. The van der Waals surface area contributed by atoms with Gasteiger partial charge in [-0.1, -0.05) is 0 Å². The molecule has 1 heterocycles. The number of pyridine rings is 1. The van der Waals surface area contributed by atoms with E-state index in [1.165, 1.54) is 18.5 Å². The van der Waals surface area contributed by atoms with Crippen LogP contribution in [0.2, 0.25) is 0 Å². The molecule has 0 unspecified atom stereocenters. The minimum absolute atomic E-state index is 0. The second-order valence-corrected chi connectivity index (χ2v) is 1.55. The maximum atomic E-state index is 10.2. The van der Waals surface area contributed by atoms with E-state index in [0.29, 0.717) is 0 Å². The number of nitrogens with zero attached hydrogens (tertiary/aromatic N) is 1. The number of hydrogen-bond donors (Lipinski definition) is 1. The van der Waals surface area contributed by atoms with Crippen LogP contribution in [0, 0.1) is 0 Å². The Balaban J connectivity index is 0.000000810. The van der Waals surface area contributed by atoms with E-state index in [0.717, 1.165) is 0 Å². The van der Waals surface area contributed by atoms with Gasteiger partial charge < -0.3 is 5.11 Å². The molecule has 0 amide bonds. The number of aromatic carboxylic acids is 1. The summed E-state index contributed by atoms with van der Waals surface area (Å²) in [7, 11) is 0. The first-order valence-electron chi connectivity index (χ1n) is 2.44. The van der Waals surface area contributed by atoms with E-state index in [-0.39, 0.29) is 35.1 Å². The number of hydrogen-bond acceptors (Lipinski definition) is 2. The third-order valence-electron chi connectivity index (χ3n) is 0.908. The summed E-state index contributed by atoms with van der Waals surface area (Å²) in [5.74, 6) is -0.942. The Labute approximate surface area is 80.4 Å². The third-order valence-corrected chi connectivity index (χ3v) is 0.908. The molecule has 4 heteroatoms. The molecule has 0 aliphatic carbocycles. The van der Waals surface area contributed by atoms with E-state index in [1.54, 1.807) is 6.07 Å². The van der Waals surface area contributed by atoms with Crippen molar-refractivity contribution in [2.24, 2.45) is 0 Å². The summed E-state index contributed by atoms with van der Waals surface area (Å²) >= 11 is 0. The van der Waals surface area contributed by atoms with Crippen molar-refractivity contribution >= 4 is 35.5 Å². The maximum absolute atomic E-state index is 10.2. The summed E-state index contributed by atoms with van der Waals surface area (Å²) in [5.41, 5.74) is 0.220. The standard InChI is InChI=1S/C6H5NO2.Na.H/c8-6(9)5-2-1-3-7-4-5;;/h1-4H,(H,8,9);;. The molecule has 1 aromatic heterocycles. The zero-order valence-electron chi connectivity index (χ0n) is 4.61. The first-order chi connectivity index (χ1) is 4.30. The van der Waals surface area contributed by atoms with E-state index in [1.807, 2.05) is 0 Å². The van der Waals surface area contributed by atoms with Gasteiger partial charge in [0.1, 0.15) is 0 Å². The third kappa shape index (κ3) is 2.47. The van der Waals surface area contributed by atoms with Crippen molar-refractivity contribution in [1.29, 1.82) is 0 Å². The second-order valence-electron chi connectivity index (χ2n) is 1.55. The van der Waals surface area contributed by atoms with E-state index >= 15 is 0 Å². The summed E-state index contributed by atoms with van der Waals surface area (Å²) in [6.45, 7) is 0. The van der Waals surface area contributed by atoms with Crippen LogP contribution in [0.25, 0.3) is 0 Å². The van der Waals surface area contributed by atoms with Crippen LogP contribution in [-0.4, -0.2) is 45.6 Å². The van der Waals surface area contributed by atoms with Crippen LogP contribution in [0.3, 0.4) is 0 Å². The first kappa shape index (κ1) is 9.62. The molecule has 0 aromatic carbocycles. The zero-order valence-corrected chi connectivity index (χ0v) is 4.61. The van der Waals surface area contributed by atoms with Crippen LogP contribution in [0.5, 0.6) is 0 Å². The predicted octanol–water partition coefficient (Wildman–Crippen LogP) is 0.131. The molecule has 0 saturated carbocycles. The molecule has 0 aliphatic rings. The summed E-state index contributed by atoms with van der Waals surface area (Å²) in [4.78, 5) is 13.8. The van der Waals surface area contributed by atoms with Crippen LogP contribution >= 0.6 is 0 Å². The van der Waals surface area contributed by atoms with Crippen molar-refractivity contribution in [3.63, 3.8) is 0 Å². The molecule has 0 radical (unpaired) electrons. The van der Waals surface area contributed by atoms with Crippen LogP contribution in [0.1, 0.15) is 10.4 Å². The topological polar surface area (TPSA) is 50.2 Å². The van der Waals surface area contributed by atoms with Gasteiger partial charge in [-0.05, 0) is 12.1 Å². The van der Waals surface area contributed by atoms with Crippen molar-refractivity contribution in [2.75, 3.05) is 0 Å². The van der Waals surface area contributed by atoms with Gasteiger partial charge in [0.2, 0.25) is 0 Å². The van der Waals surface area contributed by atoms with E-state index in [4.69, 9.17) is 5.11 Å². The fourth-order valence-corrected chi connectivity index (χ4v) is 0.489. The molecule has 0 spiro atoms. The van der Waals surface area contributed by atoms with Crippen molar-refractivity contribution < 1.29 is 9.90 Å². The Morgan fingerprint density at radius 3 is 2.60 bits per heavy atom. The van der Waals surface area contributed by atoms with Gasteiger partial charge in [-0.15, -0.1) is 0 Å². The molecule has 10 heavy (non-hydrogen) atoms. The molecule has 1 rings (SSSR count). The summed E-state index contributed by atoms with van der Waals surface area (Å²) in [6.07, 6.45) is 2.84. The average molecular weight is 147 g/mol. The molecule has 1 aromatic rings. The van der Waals surface area contributed by atoms with Gasteiger partial charge in [0.15, 0.2) is 0 Å². The number of rotatable bonds is 1. The Kier molecular flexibility index (Phi) is 4.27. The average Bonchev–Trinajstić information content (AvgIpc) is 1.90. The first-order valence-corrected chi connectivity index (χ1v) is 2.44. The van der Waals surface area contributed by atoms with Crippen LogP contribution in [0.15, 0.2) is 24.5 Å². The Morgan fingerprint density at radius 1 is 1.60 bits per heavy atom. The summed E-state index contributed by atoms with van der Waals surface area (Å²) in [5, 5.41) is 8.34. The number of aromatic nitrogens is 1. The molecular formula is C6H6NNaO2. The molecule has 0 aliphatic heterocycles. The zero-order chi connectivity index (χ0) is 6.69. The molecule has 48 valence electrons. The summed E-state index contributed by atoms with van der Waals surface area (Å²) in [6, 6.07) is 3.08. The van der Waals surface area contributed by atoms with Gasteiger partial charge in [0.05, 0.1) is 5.56 Å². The molecule has 0 fully saturated rings. The van der Waals surface area contributed by atoms with Gasteiger partial charge in [0.25, 0.3) is 0 Å². The molecule has 0 bridgehead atoms. The van der Waals surface area contributed by atoms with E-state index in [2.05, 4.69) is 4.98 Å². The van der Waals surface area contributed by atoms with Gasteiger partial charge in [-0.25, -0.2) is 4.79 Å². The molecule has 3 nitrogen and oxygen atoms in total. The van der Waals surface area contributed by atoms with Crippen LogP contribution in [0.4, 0.5) is 0 Å². The van der Waals surface area contributed by atoms with Gasteiger partial charge in [0, 0.05) is 12.4 Å². The Bertz CT molecular complexity index is 212. The predicted molar refractivity (Wildman–Crippen MR) is 38.3 cm³/mol. The van der Waals surface area contributed by atoms with Gasteiger partial charge in [-0.2, -0.15) is 0 Å².